The van der Waals surface area contributed by atoms with Crippen molar-refractivity contribution in [2.75, 3.05) is 39.8 Å². The summed E-state index contributed by atoms with van der Waals surface area (Å²) in [7, 11) is 1.66. The van der Waals surface area contributed by atoms with E-state index in [1.54, 1.807) is 14.0 Å². The fourth-order valence-corrected chi connectivity index (χ4v) is 4.99. The number of nitrogens with one attached hydrogen (secondary N) is 1. The number of carbonyl (C=O) groups excluding carboxylic acids is 3. The number of hydrogen-bond donors (Lipinski definition) is 1. The molecule has 2 heterocycles. The number of ether oxygens (including phenoxy) is 2. The first kappa shape index (κ1) is 27.2. The second-order valence-corrected chi connectivity index (χ2v) is 9.53. The molecule has 2 aromatic rings. The van der Waals surface area contributed by atoms with Gasteiger partial charge in [0.05, 0.1) is 18.2 Å². The Balaban J connectivity index is 1.66. The molecule has 38 heavy (non-hydrogen) atoms. The zero-order valence-corrected chi connectivity index (χ0v) is 22.5. The monoisotopic (exact) mass is 520 g/mol. The van der Waals surface area contributed by atoms with Crippen LogP contribution < -0.4 is 10.1 Å². The Labute approximate surface area is 224 Å². The third kappa shape index (κ3) is 5.99. The predicted molar refractivity (Wildman–Crippen MR) is 144 cm³/mol. The lowest BCUT2D eigenvalue weighted by Gasteiger charge is -2.42. The third-order valence-corrected chi connectivity index (χ3v) is 6.95. The molecule has 2 aliphatic heterocycles. The van der Waals surface area contributed by atoms with E-state index in [1.165, 1.54) is 4.90 Å². The summed E-state index contributed by atoms with van der Waals surface area (Å²) in [5.41, 5.74) is 1.70. The molecule has 2 aromatic carbocycles. The molecule has 0 aliphatic carbocycles. The molecule has 1 saturated heterocycles. The fourth-order valence-electron chi connectivity index (χ4n) is 4.99. The van der Waals surface area contributed by atoms with Crippen molar-refractivity contribution in [1.82, 2.24) is 20.0 Å². The van der Waals surface area contributed by atoms with Crippen molar-refractivity contribution in [3.63, 3.8) is 0 Å². The van der Waals surface area contributed by atoms with Crippen LogP contribution in [0.25, 0.3) is 0 Å². The maximum absolute atomic E-state index is 13.3. The maximum atomic E-state index is 13.3. The van der Waals surface area contributed by atoms with Gasteiger partial charge in [-0.05, 0) is 43.7 Å². The number of likely N-dealkylation sites (N-methyl/N-ethyl adjacent to an activating group) is 1. The Bertz CT molecular complexity index is 1200. The van der Waals surface area contributed by atoms with Crippen LogP contribution in [-0.2, 0) is 14.3 Å². The van der Waals surface area contributed by atoms with E-state index in [9.17, 15) is 14.4 Å². The highest BCUT2D eigenvalue weighted by molar-refractivity contribution is 5.95. The van der Waals surface area contributed by atoms with E-state index in [1.807, 2.05) is 73.3 Å². The van der Waals surface area contributed by atoms with Gasteiger partial charge in [0, 0.05) is 51.4 Å². The molecule has 1 N–H and O–H groups in total. The van der Waals surface area contributed by atoms with Crippen LogP contribution in [0.2, 0.25) is 0 Å². The number of hydrogen-bond acceptors (Lipinski definition) is 6. The summed E-state index contributed by atoms with van der Waals surface area (Å²) >= 11 is 0. The topological polar surface area (TPSA) is 91.4 Å². The van der Waals surface area contributed by atoms with Crippen molar-refractivity contribution in [2.45, 2.75) is 39.3 Å². The van der Waals surface area contributed by atoms with E-state index in [0.717, 1.165) is 0 Å². The number of benzene rings is 2. The smallest absolute Gasteiger partial charge is 0.338 e. The van der Waals surface area contributed by atoms with Crippen molar-refractivity contribution in [2.24, 2.45) is 0 Å². The van der Waals surface area contributed by atoms with Gasteiger partial charge in [0.2, 0.25) is 5.91 Å². The summed E-state index contributed by atoms with van der Waals surface area (Å²) < 4.78 is 11.5. The van der Waals surface area contributed by atoms with Crippen molar-refractivity contribution in [3.05, 3.63) is 71.4 Å². The number of rotatable bonds is 8. The van der Waals surface area contributed by atoms with Gasteiger partial charge in [0.25, 0.3) is 0 Å². The van der Waals surface area contributed by atoms with Crippen LogP contribution in [0.4, 0.5) is 4.79 Å². The van der Waals surface area contributed by atoms with Gasteiger partial charge in [-0.25, -0.2) is 9.59 Å². The summed E-state index contributed by atoms with van der Waals surface area (Å²) in [5, 5.41) is 2.97. The van der Waals surface area contributed by atoms with Crippen LogP contribution in [-0.4, -0.2) is 78.5 Å². The minimum Gasteiger partial charge on any atom is -0.463 e. The molecule has 3 amide bonds. The number of nitrogens with zero attached hydrogens (tertiary/aromatic N) is 3. The van der Waals surface area contributed by atoms with Crippen molar-refractivity contribution >= 4 is 17.9 Å². The summed E-state index contributed by atoms with van der Waals surface area (Å²) in [4.78, 5) is 44.3. The molecule has 0 radical (unpaired) electrons. The highest BCUT2D eigenvalue weighted by Gasteiger charge is 2.38. The van der Waals surface area contributed by atoms with Crippen LogP contribution in [0.1, 0.15) is 38.8 Å². The molecule has 9 nitrogen and oxygen atoms in total. The quantitative estimate of drug-likeness (QED) is 0.531. The second kappa shape index (κ2) is 12.1. The van der Waals surface area contributed by atoms with Gasteiger partial charge < -0.3 is 19.7 Å². The highest BCUT2D eigenvalue weighted by Crippen LogP contribution is 2.34. The summed E-state index contributed by atoms with van der Waals surface area (Å²) in [6, 6.07) is 15.8. The Morgan fingerprint density at radius 3 is 2.45 bits per heavy atom. The van der Waals surface area contributed by atoms with E-state index < -0.39 is 12.0 Å². The van der Waals surface area contributed by atoms with Gasteiger partial charge in [-0.3, -0.25) is 14.6 Å². The minimum atomic E-state index is -0.701. The van der Waals surface area contributed by atoms with Gasteiger partial charge in [-0.2, -0.15) is 0 Å². The van der Waals surface area contributed by atoms with E-state index in [2.05, 4.69) is 10.2 Å². The molecule has 9 heteroatoms. The Morgan fingerprint density at radius 2 is 1.76 bits per heavy atom. The average Bonchev–Trinajstić information content (AvgIpc) is 2.91. The molecule has 0 bridgehead atoms. The maximum Gasteiger partial charge on any atom is 0.338 e. The predicted octanol–water partition coefficient (Wildman–Crippen LogP) is 3.93. The largest absolute Gasteiger partial charge is 0.463 e. The Morgan fingerprint density at radius 1 is 1.03 bits per heavy atom. The van der Waals surface area contributed by atoms with Gasteiger partial charge in [0.1, 0.15) is 11.5 Å². The molecule has 0 saturated carbocycles. The van der Waals surface area contributed by atoms with Crippen molar-refractivity contribution in [1.29, 1.82) is 0 Å². The standard InChI is InChI=1S/C29H36N4O5/c1-5-25(34)33-16-15-32(18-20(33)3)19-24-26(28(35)37-6-2)27(30-29(36)31(24)4)21-11-10-14-23(17-21)38-22-12-8-7-9-13-22/h7-14,17,20,27H,5-6,15-16,18-19H2,1-4H3,(H,30,36). The molecule has 0 spiro atoms. The Hall–Kier alpha value is -3.85. The molecule has 0 aromatic heterocycles. The normalized spacial score (nSPS) is 20.3. The van der Waals surface area contributed by atoms with Crippen LogP contribution in [0, 0.1) is 0 Å². The van der Waals surface area contributed by atoms with E-state index in [-0.39, 0.29) is 24.6 Å². The van der Waals surface area contributed by atoms with E-state index in [4.69, 9.17) is 9.47 Å². The first-order valence-electron chi connectivity index (χ1n) is 13.1. The molecule has 2 atom stereocenters. The average molecular weight is 521 g/mol. The minimum absolute atomic E-state index is 0.0354. The number of carbonyl (C=O) groups is 3. The molecular weight excluding hydrogens is 484 g/mol. The van der Waals surface area contributed by atoms with E-state index in [0.29, 0.717) is 60.9 Å². The van der Waals surface area contributed by atoms with Crippen LogP contribution >= 0.6 is 0 Å². The molecule has 202 valence electrons. The zero-order valence-electron chi connectivity index (χ0n) is 22.5. The van der Waals surface area contributed by atoms with Gasteiger partial charge in [0.15, 0.2) is 0 Å². The van der Waals surface area contributed by atoms with Crippen molar-refractivity contribution in [3.8, 4) is 11.5 Å². The number of urea groups is 1. The third-order valence-electron chi connectivity index (χ3n) is 6.95. The highest BCUT2D eigenvalue weighted by atomic mass is 16.5. The Kier molecular flexibility index (Phi) is 8.68. The molecule has 2 aliphatic rings. The van der Waals surface area contributed by atoms with E-state index >= 15 is 0 Å². The molecule has 1 fully saturated rings. The molecular formula is C29H36N4O5. The van der Waals surface area contributed by atoms with Crippen molar-refractivity contribution < 1.29 is 23.9 Å². The lowest BCUT2D eigenvalue weighted by molar-refractivity contribution is -0.139. The summed E-state index contributed by atoms with van der Waals surface area (Å²) in [6.07, 6.45) is 0.472. The number of esters is 1. The van der Waals surface area contributed by atoms with Gasteiger partial charge >= 0.3 is 12.0 Å². The SMILES string of the molecule is CCOC(=O)C1=C(CN2CCN(C(=O)CC)C(C)C2)N(C)C(=O)NC1c1cccc(Oc2ccccc2)c1. The lowest BCUT2D eigenvalue weighted by Crippen LogP contribution is -2.56. The zero-order chi connectivity index (χ0) is 27.2. The lowest BCUT2D eigenvalue weighted by atomic mass is 9.94. The molecule has 2 unspecified atom stereocenters. The summed E-state index contributed by atoms with van der Waals surface area (Å²) in [5.74, 6) is 0.947. The number of para-hydroxylation sites is 1. The molecule has 4 rings (SSSR count). The van der Waals surface area contributed by atoms with Gasteiger partial charge in [-0.15, -0.1) is 0 Å². The van der Waals surface area contributed by atoms with Gasteiger partial charge in [-0.1, -0.05) is 37.3 Å². The first-order chi connectivity index (χ1) is 18.3. The second-order valence-electron chi connectivity index (χ2n) is 9.53. The van der Waals surface area contributed by atoms with Crippen LogP contribution in [0.15, 0.2) is 65.9 Å². The number of amides is 3. The number of piperazine rings is 1. The van der Waals surface area contributed by atoms with Crippen LogP contribution in [0.5, 0.6) is 11.5 Å². The summed E-state index contributed by atoms with van der Waals surface area (Å²) in [6.45, 7) is 8.15. The fraction of sp³-hybridized carbons (Fsp3) is 0.414. The first-order valence-corrected chi connectivity index (χ1v) is 13.1. The van der Waals surface area contributed by atoms with Crippen LogP contribution in [0.3, 0.4) is 0 Å².